The minimum Gasteiger partial charge on any atom is -0.366 e. The van der Waals surface area contributed by atoms with Crippen molar-refractivity contribution in [2.75, 3.05) is 0 Å². The monoisotopic (exact) mass is 443 g/mol. The van der Waals surface area contributed by atoms with Gasteiger partial charge < -0.3 is 11.1 Å². The van der Waals surface area contributed by atoms with Gasteiger partial charge >= 0.3 is 0 Å². The summed E-state index contributed by atoms with van der Waals surface area (Å²) < 4.78 is 0. The van der Waals surface area contributed by atoms with E-state index in [0.29, 0.717) is 33.1 Å². The van der Waals surface area contributed by atoms with Crippen LogP contribution in [0.5, 0.6) is 0 Å². The van der Waals surface area contributed by atoms with Gasteiger partial charge in [0.15, 0.2) is 0 Å². The second kappa shape index (κ2) is 9.36. The lowest BCUT2D eigenvalue weighted by molar-refractivity contribution is 0.0943. The summed E-state index contributed by atoms with van der Waals surface area (Å²) in [5, 5.41) is 3.32. The molecule has 0 unspecified atom stereocenters. The summed E-state index contributed by atoms with van der Waals surface area (Å²) in [5.74, 6) is -1.05. The first kappa shape index (κ1) is 21.1. The summed E-state index contributed by atoms with van der Waals surface area (Å²) in [7, 11) is 0. The summed E-state index contributed by atoms with van der Waals surface area (Å²) in [6.45, 7) is 0.234. The maximum atomic E-state index is 13.0. The molecule has 3 aromatic heterocycles. The molecule has 0 bridgehead atoms. The number of pyridine rings is 3. The Morgan fingerprint density at radius 3 is 2.38 bits per heavy atom. The van der Waals surface area contributed by atoms with Crippen LogP contribution in [0.2, 0.25) is 5.02 Å². The molecule has 3 N–H and O–H groups in total. The molecule has 0 saturated carbocycles. The van der Waals surface area contributed by atoms with Crippen LogP contribution in [0.25, 0.3) is 22.4 Å². The number of nitrogens with two attached hydrogens (primary N) is 1. The predicted molar refractivity (Wildman–Crippen MR) is 122 cm³/mol. The van der Waals surface area contributed by atoms with E-state index in [9.17, 15) is 9.59 Å². The van der Waals surface area contributed by atoms with Gasteiger partial charge in [-0.05, 0) is 48.0 Å². The van der Waals surface area contributed by atoms with Gasteiger partial charge in [0.25, 0.3) is 5.91 Å². The molecule has 0 fully saturated rings. The molecular weight excluding hydrogens is 426 g/mol. The number of carbonyl (C=O) groups excluding carboxylic acids is 2. The van der Waals surface area contributed by atoms with E-state index < -0.39 is 11.8 Å². The van der Waals surface area contributed by atoms with Crippen LogP contribution >= 0.6 is 11.6 Å². The second-order valence-electron chi connectivity index (χ2n) is 6.90. The van der Waals surface area contributed by atoms with E-state index in [2.05, 4.69) is 20.3 Å². The molecule has 32 heavy (non-hydrogen) atoms. The zero-order valence-electron chi connectivity index (χ0n) is 16.8. The zero-order valence-corrected chi connectivity index (χ0v) is 17.6. The van der Waals surface area contributed by atoms with Crippen molar-refractivity contribution >= 4 is 23.4 Å². The summed E-state index contributed by atoms with van der Waals surface area (Å²) in [6, 6.07) is 17.8. The van der Waals surface area contributed by atoms with Crippen LogP contribution < -0.4 is 11.1 Å². The van der Waals surface area contributed by atoms with E-state index >= 15 is 0 Å². The molecule has 2 amide bonds. The van der Waals surface area contributed by atoms with Gasteiger partial charge in [-0.2, -0.15) is 0 Å². The SMILES string of the molecule is NC(=O)c1cnc(C(=O)NCc2ccccn2)c(-c2ccc(Cl)c(-c3ccccn3)c2)c1. The van der Waals surface area contributed by atoms with E-state index in [1.807, 2.05) is 36.4 Å². The first-order valence-electron chi connectivity index (χ1n) is 9.72. The lowest BCUT2D eigenvalue weighted by Gasteiger charge is -2.13. The maximum Gasteiger partial charge on any atom is 0.270 e. The third-order valence-electron chi connectivity index (χ3n) is 4.76. The van der Waals surface area contributed by atoms with Gasteiger partial charge in [0.05, 0.1) is 23.5 Å². The Morgan fingerprint density at radius 1 is 0.906 bits per heavy atom. The Hall–Kier alpha value is -4.10. The Balaban J connectivity index is 1.75. The predicted octanol–water partition coefficient (Wildman–Crippen LogP) is 3.89. The summed E-state index contributed by atoms with van der Waals surface area (Å²) in [5.41, 5.74) is 8.97. The first-order chi connectivity index (χ1) is 15.5. The lowest BCUT2D eigenvalue weighted by atomic mass is 9.98. The Bertz CT molecular complexity index is 1280. The van der Waals surface area contributed by atoms with Crippen LogP contribution in [0.3, 0.4) is 0 Å². The van der Waals surface area contributed by atoms with Crippen molar-refractivity contribution in [3.8, 4) is 22.4 Å². The second-order valence-corrected chi connectivity index (χ2v) is 7.30. The van der Waals surface area contributed by atoms with E-state index in [1.165, 1.54) is 6.20 Å². The van der Waals surface area contributed by atoms with Crippen molar-refractivity contribution in [2.24, 2.45) is 5.73 Å². The number of rotatable bonds is 6. The zero-order chi connectivity index (χ0) is 22.5. The highest BCUT2D eigenvalue weighted by Crippen LogP contribution is 2.33. The molecule has 158 valence electrons. The Morgan fingerprint density at radius 2 is 1.69 bits per heavy atom. The van der Waals surface area contributed by atoms with Crippen molar-refractivity contribution in [1.82, 2.24) is 20.3 Å². The highest BCUT2D eigenvalue weighted by Gasteiger charge is 2.18. The summed E-state index contributed by atoms with van der Waals surface area (Å²) in [4.78, 5) is 37.5. The van der Waals surface area contributed by atoms with Gasteiger partial charge in [0.2, 0.25) is 5.91 Å². The minimum absolute atomic E-state index is 0.153. The molecule has 4 rings (SSSR count). The largest absolute Gasteiger partial charge is 0.366 e. The van der Waals surface area contributed by atoms with Gasteiger partial charge in [0, 0.05) is 34.7 Å². The fourth-order valence-electron chi connectivity index (χ4n) is 3.17. The number of aromatic nitrogens is 3. The van der Waals surface area contributed by atoms with Crippen LogP contribution in [-0.2, 0) is 6.54 Å². The van der Waals surface area contributed by atoms with Crippen molar-refractivity contribution in [3.63, 3.8) is 0 Å². The average molecular weight is 444 g/mol. The summed E-state index contributed by atoms with van der Waals surface area (Å²) >= 11 is 6.40. The highest BCUT2D eigenvalue weighted by molar-refractivity contribution is 6.33. The third-order valence-corrected chi connectivity index (χ3v) is 5.09. The van der Waals surface area contributed by atoms with Crippen LogP contribution in [0.4, 0.5) is 0 Å². The Labute approximate surface area is 189 Å². The number of primary amides is 1. The third kappa shape index (κ3) is 4.63. The number of nitrogens with zero attached hydrogens (tertiary/aromatic N) is 3. The molecule has 1 aromatic carbocycles. The van der Waals surface area contributed by atoms with E-state index in [4.69, 9.17) is 17.3 Å². The smallest absolute Gasteiger partial charge is 0.270 e. The van der Waals surface area contributed by atoms with Gasteiger partial charge in [-0.1, -0.05) is 29.8 Å². The molecule has 7 nitrogen and oxygen atoms in total. The van der Waals surface area contributed by atoms with Crippen LogP contribution in [0.15, 0.2) is 79.3 Å². The van der Waals surface area contributed by atoms with Gasteiger partial charge in [-0.15, -0.1) is 0 Å². The quantitative estimate of drug-likeness (QED) is 0.469. The standard InChI is InChI=1S/C24H18ClN5O2/c25-20-8-7-15(11-19(20)21-6-2-4-10-28-21)18-12-16(23(26)31)13-29-22(18)24(32)30-14-17-5-1-3-9-27-17/h1-13H,14H2,(H2,26,31)(H,30,32). The summed E-state index contributed by atoms with van der Waals surface area (Å²) in [6.07, 6.45) is 4.61. The molecule has 3 heterocycles. The van der Waals surface area contributed by atoms with Gasteiger partial charge in [-0.3, -0.25) is 19.6 Å². The molecule has 8 heteroatoms. The molecule has 0 aliphatic carbocycles. The molecule has 0 spiro atoms. The van der Waals surface area contributed by atoms with Crippen LogP contribution in [-0.4, -0.2) is 26.8 Å². The molecule has 4 aromatic rings. The molecule has 0 radical (unpaired) electrons. The number of benzene rings is 1. The highest BCUT2D eigenvalue weighted by atomic mass is 35.5. The Kier molecular flexibility index (Phi) is 6.19. The normalized spacial score (nSPS) is 10.5. The van der Waals surface area contributed by atoms with E-state index in [0.717, 1.165) is 0 Å². The molecular formula is C24H18ClN5O2. The molecule has 0 saturated heterocycles. The fourth-order valence-corrected chi connectivity index (χ4v) is 3.38. The van der Waals surface area contributed by atoms with Crippen molar-refractivity contribution in [2.45, 2.75) is 6.54 Å². The van der Waals surface area contributed by atoms with Crippen LogP contribution in [0, 0.1) is 0 Å². The molecule has 0 atom stereocenters. The van der Waals surface area contributed by atoms with Gasteiger partial charge in [-0.25, -0.2) is 4.98 Å². The maximum absolute atomic E-state index is 13.0. The van der Waals surface area contributed by atoms with Crippen molar-refractivity contribution in [1.29, 1.82) is 0 Å². The number of halogens is 1. The number of carbonyl (C=O) groups is 2. The number of hydrogen-bond donors (Lipinski definition) is 2. The van der Waals surface area contributed by atoms with Gasteiger partial charge in [0.1, 0.15) is 5.69 Å². The molecule has 0 aliphatic heterocycles. The van der Waals surface area contributed by atoms with E-state index in [1.54, 1.807) is 36.7 Å². The van der Waals surface area contributed by atoms with E-state index in [-0.39, 0.29) is 17.8 Å². The van der Waals surface area contributed by atoms with Crippen LogP contribution in [0.1, 0.15) is 26.5 Å². The molecule has 0 aliphatic rings. The van der Waals surface area contributed by atoms with Crippen molar-refractivity contribution < 1.29 is 9.59 Å². The number of hydrogen-bond acceptors (Lipinski definition) is 5. The average Bonchev–Trinajstić information content (AvgIpc) is 2.83. The lowest BCUT2D eigenvalue weighted by Crippen LogP contribution is -2.25. The topological polar surface area (TPSA) is 111 Å². The minimum atomic E-state index is -0.641. The fraction of sp³-hybridized carbons (Fsp3) is 0.0417. The number of amides is 2. The van der Waals surface area contributed by atoms with Crippen molar-refractivity contribution in [3.05, 3.63) is 101 Å². The first-order valence-corrected chi connectivity index (χ1v) is 10.1. The number of nitrogens with one attached hydrogen (secondary N) is 1.